The number of nitrogens with zero attached hydrogens (tertiary/aromatic N) is 2. The third-order valence-electron chi connectivity index (χ3n) is 3.00. The van der Waals surface area contributed by atoms with Gasteiger partial charge in [0.2, 0.25) is 0 Å². The Morgan fingerprint density at radius 2 is 2.47 bits per heavy atom. The molecule has 0 bridgehead atoms. The fraction of sp³-hybridized carbons (Fsp3) is 0.583. The highest BCUT2D eigenvalue weighted by Gasteiger charge is 2.20. The minimum atomic E-state index is 0.610. The van der Waals surface area contributed by atoms with E-state index in [4.69, 9.17) is 0 Å². The van der Waals surface area contributed by atoms with Crippen molar-refractivity contribution in [1.82, 2.24) is 10.3 Å². The van der Waals surface area contributed by atoms with Crippen LogP contribution in [0.5, 0.6) is 0 Å². The smallest absolute Gasteiger partial charge is 0.128 e. The van der Waals surface area contributed by atoms with Crippen molar-refractivity contribution in [2.75, 3.05) is 24.5 Å². The molecular weight excluding hydrogens is 186 g/mol. The van der Waals surface area contributed by atoms with E-state index in [0.717, 1.165) is 25.5 Å². The standard InChI is InChI=1S/C12H19N3/c1-2-15(11-6-5-8-13-10-11)12-7-3-4-9-14-12/h3-4,7,9,11,13H,2,5-6,8,10H2,1H3. The summed E-state index contributed by atoms with van der Waals surface area (Å²) in [6.07, 6.45) is 4.42. The van der Waals surface area contributed by atoms with Crippen LogP contribution in [0.1, 0.15) is 19.8 Å². The number of likely N-dealkylation sites (N-methyl/N-ethyl adjacent to an activating group) is 1. The Labute approximate surface area is 91.5 Å². The van der Waals surface area contributed by atoms with Crippen LogP contribution in [0.4, 0.5) is 5.82 Å². The maximum atomic E-state index is 4.42. The molecule has 1 N–H and O–H groups in total. The molecule has 15 heavy (non-hydrogen) atoms. The highest BCUT2D eigenvalue weighted by atomic mass is 15.2. The van der Waals surface area contributed by atoms with Crippen molar-refractivity contribution in [3.05, 3.63) is 24.4 Å². The molecule has 1 aliphatic heterocycles. The summed E-state index contributed by atoms with van der Waals surface area (Å²) in [7, 11) is 0. The van der Waals surface area contributed by atoms with Crippen molar-refractivity contribution in [2.45, 2.75) is 25.8 Å². The molecule has 1 fully saturated rings. The van der Waals surface area contributed by atoms with Gasteiger partial charge < -0.3 is 10.2 Å². The second-order valence-electron chi connectivity index (χ2n) is 3.97. The molecular formula is C12H19N3. The Balaban J connectivity index is 2.09. The largest absolute Gasteiger partial charge is 0.353 e. The maximum Gasteiger partial charge on any atom is 0.128 e. The predicted molar refractivity (Wildman–Crippen MR) is 63.1 cm³/mol. The fourth-order valence-corrected chi connectivity index (χ4v) is 2.23. The number of rotatable bonds is 3. The number of pyridine rings is 1. The number of nitrogens with one attached hydrogen (secondary N) is 1. The topological polar surface area (TPSA) is 28.2 Å². The zero-order valence-corrected chi connectivity index (χ0v) is 9.32. The average Bonchev–Trinajstić information content (AvgIpc) is 2.33. The van der Waals surface area contributed by atoms with E-state index in [1.165, 1.54) is 12.8 Å². The van der Waals surface area contributed by atoms with Crippen molar-refractivity contribution >= 4 is 5.82 Å². The molecule has 2 rings (SSSR count). The van der Waals surface area contributed by atoms with Crippen LogP contribution >= 0.6 is 0 Å². The van der Waals surface area contributed by atoms with Crippen LogP contribution in [0.3, 0.4) is 0 Å². The number of aromatic nitrogens is 1. The van der Waals surface area contributed by atoms with Crippen LogP contribution in [0.15, 0.2) is 24.4 Å². The summed E-state index contributed by atoms with van der Waals surface area (Å²) in [4.78, 5) is 6.82. The van der Waals surface area contributed by atoms with E-state index in [-0.39, 0.29) is 0 Å². The fourth-order valence-electron chi connectivity index (χ4n) is 2.23. The predicted octanol–water partition coefficient (Wildman–Crippen LogP) is 1.66. The van der Waals surface area contributed by atoms with Gasteiger partial charge in [-0.1, -0.05) is 6.07 Å². The highest BCUT2D eigenvalue weighted by molar-refractivity contribution is 5.39. The third kappa shape index (κ3) is 2.48. The molecule has 0 spiro atoms. The molecule has 0 saturated carbocycles. The first-order valence-corrected chi connectivity index (χ1v) is 5.80. The molecule has 3 nitrogen and oxygen atoms in total. The van der Waals surface area contributed by atoms with Crippen LogP contribution in [0.25, 0.3) is 0 Å². The molecule has 0 aromatic carbocycles. The lowest BCUT2D eigenvalue weighted by atomic mass is 10.1. The van der Waals surface area contributed by atoms with Gasteiger partial charge in [0, 0.05) is 25.3 Å². The van der Waals surface area contributed by atoms with Crippen LogP contribution in [-0.4, -0.2) is 30.7 Å². The summed E-state index contributed by atoms with van der Waals surface area (Å²) in [6.45, 7) is 5.48. The van der Waals surface area contributed by atoms with E-state index in [1.807, 2.05) is 12.3 Å². The zero-order chi connectivity index (χ0) is 10.5. The minimum Gasteiger partial charge on any atom is -0.353 e. The second kappa shape index (κ2) is 5.12. The minimum absolute atomic E-state index is 0.610. The van der Waals surface area contributed by atoms with E-state index < -0.39 is 0 Å². The quantitative estimate of drug-likeness (QED) is 0.813. The Bertz CT molecular complexity index is 280. The first-order valence-electron chi connectivity index (χ1n) is 5.80. The summed E-state index contributed by atoms with van der Waals surface area (Å²) < 4.78 is 0. The molecule has 1 atom stereocenters. The van der Waals surface area contributed by atoms with Gasteiger partial charge in [-0.25, -0.2) is 4.98 Å². The number of hydrogen-bond donors (Lipinski definition) is 1. The SMILES string of the molecule is CCN(c1ccccn1)C1CCCNC1. The van der Waals surface area contributed by atoms with Crippen LogP contribution in [0, 0.1) is 0 Å². The zero-order valence-electron chi connectivity index (χ0n) is 9.32. The number of anilines is 1. The molecule has 1 aromatic heterocycles. The molecule has 2 heterocycles. The van der Waals surface area contributed by atoms with Crippen molar-refractivity contribution < 1.29 is 0 Å². The normalized spacial score (nSPS) is 21.3. The van der Waals surface area contributed by atoms with Crippen LogP contribution in [0.2, 0.25) is 0 Å². The van der Waals surface area contributed by atoms with Gasteiger partial charge in [-0.3, -0.25) is 0 Å². The van der Waals surface area contributed by atoms with Crippen LogP contribution in [-0.2, 0) is 0 Å². The van der Waals surface area contributed by atoms with Crippen LogP contribution < -0.4 is 10.2 Å². The van der Waals surface area contributed by atoms with E-state index >= 15 is 0 Å². The Kier molecular flexibility index (Phi) is 3.56. The Morgan fingerprint density at radius 1 is 1.53 bits per heavy atom. The van der Waals surface area contributed by atoms with Gasteiger partial charge in [-0.15, -0.1) is 0 Å². The summed E-state index contributed by atoms with van der Waals surface area (Å²) in [6, 6.07) is 6.73. The van der Waals surface area contributed by atoms with Gasteiger partial charge >= 0.3 is 0 Å². The molecule has 0 amide bonds. The molecule has 1 aromatic rings. The first kappa shape index (κ1) is 10.4. The Hall–Kier alpha value is -1.09. The van der Waals surface area contributed by atoms with Crippen molar-refractivity contribution in [3.8, 4) is 0 Å². The van der Waals surface area contributed by atoms with Crippen molar-refractivity contribution in [1.29, 1.82) is 0 Å². The lowest BCUT2D eigenvalue weighted by molar-refractivity contribution is 0.433. The third-order valence-corrected chi connectivity index (χ3v) is 3.00. The summed E-state index contributed by atoms with van der Waals surface area (Å²) in [5.74, 6) is 1.11. The average molecular weight is 205 g/mol. The molecule has 0 aliphatic carbocycles. The summed E-state index contributed by atoms with van der Waals surface area (Å²) in [5, 5.41) is 3.45. The van der Waals surface area contributed by atoms with Crippen molar-refractivity contribution in [3.63, 3.8) is 0 Å². The maximum absolute atomic E-state index is 4.42. The Morgan fingerprint density at radius 3 is 3.07 bits per heavy atom. The van der Waals surface area contributed by atoms with E-state index in [1.54, 1.807) is 0 Å². The molecule has 1 saturated heterocycles. The van der Waals surface area contributed by atoms with E-state index in [0.29, 0.717) is 6.04 Å². The van der Waals surface area contributed by atoms with Gasteiger partial charge in [0.05, 0.1) is 0 Å². The molecule has 1 unspecified atom stereocenters. The van der Waals surface area contributed by atoms with Gasteiger partial charge in [0.1, 0.15) is 5.82 Å². The lowest BCUT2D eigenvalue weighted by Crippen LogP contribution is -2.46. The van der Waals surface area contributed by atoms with Gasteiger partial charge in [-0.05, 0) is 38.4 Å². The monoisotopic (exact) mass is 205 g/mol. The van der Waals surface area contributed by atoms with E-state index in [9.17, 15) is 0 Å². The summed E-state index contributed by atoms with van der Waals surface area (Å²) >= 11 is 0. The number of piperidine rings is 1. The molecule has 1 aliphatic rings. The first-order chi connectivity index (χ1) is 7.42. The summed E-state index contributed by atoms with van der Waals surface area (Å²) in [5.41, 5.74) is 0. The number of hydrogen-bond acceptors (Lipinski definition) is 3. The molecule has 0 radical (unpaired) electrons. The molecule has 3 heteroatoms. The highest BCUT2D eigenvalue weighted by Crippen LogP contribution is 2.17. The van der Waals surface area contributed by atoms with Gasteiger partial charge in [0.15, 0.2) is 0 Å². The van der Waals surface area contributed by atoms with Gasteiger partial charge in [0.25, 0.3) is 0 Å². The molecule has 82 valence electrons. The van der Waals surface area contributed by atoms with Gasteiger partial charge in [-0.2, -0.15) is 0 Å². The second-order valence-corrected chi connectivity index (χ2v) is 3.97. The van der Waals surface area contributed by atoms with E-state index in [2.05, 4.69) is 34.3 Å². The van der Waals surface area contributed by atoms with Crippen molar-refractivity contribution in [2.24, 2.45) is 0 Å². The lowest BCUT2D eigenvalue weighted by Gasteiger charge is -2.34.